The van der Waals surface area contributed by atoms with Gasteiger partial charge in [0.05, 0.1) is 42.7 Å². The van der Waals surface area contributed by atoms with E-state index in [0.29, 0.717) is 63.3 Å². The molecule has 2 heterocycles. The van der Waals surface area contributed by atoms with E-state index < -0.39 is 21.0 Å². The summed E-state index contributed by atoms with van der Waals surface area (Å²) >= 11 is 12.4. The van der Waals surface area contributed by atoms with Crippen molar-refractivity contribution in [2.75, 3.05) is 37.4 Å². The van der Waals surface area contributed by atoms with Gasteiger partial charge in [-0.25, -0.2) is 12.6 Å². The van der Waals surface area contributed by atoms with Crippen molar-refractivity contribution < 1.29 is 12.6 Å². The van der Waals surface area contributed by atoms with Crippen molar-refractivity contribution in [3.63, 3.8) is 0 Å². The Morgan fingerprint density at radius 1 is 0.950 bits per heavy atom. The smallest absolute Gasteiger partial charge is 0.243 e. The first kappa shape index (κ1) is 28.6. The summed E-state index contributed by atoms with van der Waals surface area (Å²) < 4.78 is 44.0. The molecule has 1 atom stereocenters. The van der Waals surface area contributed by atoms with Gasteiger partial charge in [0.25, 0.3) is 0 Å². The maximum atomic E-state index is 13.3. The zero-order chi connectivity index (χ0) is 28.3. The minimum absolute atomic E-state index is 0.174. The number of sulfonamides is 1. The lowest BCUT2D eigenvalue weighted by atomic mass is 10.1. The lowest BCUT2D eigenvalue weighted by Crippen LogP contribution is -2.48. The quantitative estimate of drug-likeness (QED) is 0.261. The number of nitrogens with zero attached hydrogens (tertiary/aromatic N) is 3. The van der Waals surface area contributed by atoms with Crippen LogP contribution in [0, 0.1) is 11.3 Å². The van der Waals surface area contributed by atoms with Crippen LogP contribution >= 0.6 is 23.2 Å². The van der Waals surface area contributed by atoms with Crippen LogP contribution < -0.4 is 4.72 Å². The number of hydrogen-bond acceptors (Lipinski definition) is 5. The molecule has 5 rings (SSSR count). The van der Waals surface area contributed by atoms with E-state index in [1.807, 2.05) is 24.3 Å². The summed E-state index contributed by atoms with van der Waals surface area (Å²) in [5.41, 5.74) is 3.05. The van der Waals surface area contributed by atoms with Crippen LogP contribution in [0.4, 0.5) is 5.69 Å². The van der Waals surface area contributed by atoms with Gasteiger partial charge < -0.3 is 9.88 Å². The molecular formula is C28H27Cl2N5O3S2. The molecule has 1 unspecified atom stereocenters. The SMILES string of the molecule is N#Cc1ccc(CCCN2CCN(S(=O)(=O)c3ccc(S(=O)Nc4ccc(Cl)c5c(Cl)c[nH]c45)cc3)CC2)cc1. The van der Waals surface area contributed by atoms with E-state index in [9.17, 15) is 12.6 Å². The zero-order valence-electron chi connectivity index (χ0n) is 21.4. The Morgan fingerprint density at radius 2 is 1.65 bits per heavy atom. The van der Waals surface area contributed by atoms with E-state index in [0.717, 1.165) is 19.4 Å². The Hall–Kier alpha value is -2.91. The first-order chi connectivity index (χ1) is 19.3. The minimum atomic E-state index is -3.66. The average molecular weight is 617 g/mol. The minimum Gasteiger partial charge on any atom is -0.358 e. The van der Waals surface area contributed by atoms with Gasteiger partial charge in [0.1, 0.15) is 11.0 Å². The number of halogens is 2. The summed E-state index contributed by atoms with van der Waals surface area (Å²) in [7, 11) is -5.30. The molecule has 12 heteroatoms. The lowest BCUT2D eigenvalue weighted by Gasteiger charge is -2.34. The molecule has 3 aromatic carbocycles. The largest absolute Gasteiger partial charge is 0.358 e. The number of aromatic amines is 1. The summed E-state index contributed by atoms with van der Waals surface area (Å²) in [6.45, 7) is 3.04. The molecule has 0 radical (unpaired) electrons. The maximum absolute atomic E-state index is 13.3. The van der Waals surface area contributed by atoms with Crippen molar-refractivity contribution in [2.45, 2.75) is 22.6 Å². The molecule has 0 saturated carbocycles. The molecule has 1 aromatic heterocycles. The molecule has 208 valence electrons. The van der Waals surface area contributed by atoms with Crippen LogP contribution in [0.2, 0.25) is 10.0 Å². The van der Waals surface area contributed by atoms with Crippen LogP contribution in [0.5, 0.6) is 0 Å². The fourth-order valence-electron chi connectivity index (χ4n) is 4.74. The van der Waals surface area contributed by atoms with Gasteiger partial charge in [-0.3, -0.25) is 4.72 Å². The number of rotatable bonds is 9. The number of piperazine rings is 1. The number of nitrogens with one attached hydrogen (secondary N) is 2. The predicted molar refractivity (Wildman–Crippen MR) is 159 cm³/mol. The summed E-state index contributed by atoms with van der Waals surface area (Å²) in [5, 5.41) is 10.5. The molecule has 40 heavy (non-hydrogen) atoms. The van der Waals surface area contributed by atoms with E-state index in [-0.39, 0.29) is 4.90 Å². The van der Waals surface area contributed by atoms with Crippen LogP contribution in [0.15, 0.2) is 76.7 Å². The fourth-order valence-corrected chi connectivity index (χ4v) is 7.59. The first-order valence-corrected chi connectivity index (χ1v) is 16.1. The third-order valence-corrected chi connectivity index (χ3v) is 10.6. The zero-order valence-corrected chi connectivity index (χ0v) is 24.6. The van der Waals surface area contributed by atoms with Crippen molar-refractivity contribution in [1.29, 1.82) is 5.26 Å². The number of benzene rings is 3. The molecular weight excluding hydrogens is 589 g/mol. The molecule has 1 aliphatic rings. The topological polar surface area (TPSA) is 109 Å². The van der Waals surface area contributed by atoms with E-state index in [2.05, 4.69) is 20.7 Å². The summed E-state index contributed by atoms with van der Waals surface area (Å²) in [4.78, 5) is 5.92. The number of nitriles is 1. The molecule has 0 bridgehead atoms. The van der Waals surface area contributed by atoms with Crippen molar-refractivity contribution in [3.05, 3.63) is 88.0 Å². The van der Waals surface area contributed by atoms with Crippen LogP contribution in [-0.2, 0) is 27.4 Å². The molecule has 0 spiro atoms. The highest BCUT2D eigenvalue weighted by Crippen LogP contribution is 2.35. The molecule has 0 amide bonds. The van der Waals surface area contributed by atoms with E-state index in [4.69, 9.17) is 28.5 Å². The molecule has 8 nitrogen and oxygen atoms in total. The Bertz CT molecular complexity index is 1680. The van der Waals surface area contributed by atoms with Crippen LogP contribution in [-0.4, -0.2) is 59.5 Å². The van der Waals surface area contributed by atoms with Gasteiger partial charge >= 0.3 is 0 Å². The number of hydrogen-bond donors (Lipinski definition) is 2. The first-order valence-electron chi connectivity index (χ1n) is 12.7. The third-order valence-electron chi connectivity index (χ3n) is 6.97. The standard InChI is InChI=1S/C28H27Cl2N5O3S2/c29-24-11-12-26(28-27(24)25(30)19-32-28)33-39(36)22-7-9-23(10-8-22)40(37,38)35-16-14-34(15-17-35)13-1-2-20-3-5-21(18-31)6-4-20/h3-12,19,32-33H,1-2,13-17H2. The number of anilines is 1. The lowest BCUT2D eigenvalue weighted by molar-refractivity contribution is 0.187. The normalized spacial score (nSPS) is 15.6. The summed E-state index contributed by atoms with van der Waals surface area (Å²) in [6.07, 6.45) is 3.49. The second-order valence-electron chi connectivity index (χ2n) is 9.48. The third kappa shape index (κ3) is 6.20. The highest BCUT2D eigenvalue weighted by Gasteiger charge is 2.28. The number of H-pyrrole nitrogens is 1. The van der Waals surface area contributed by atoms with Crippen molar-refractivity contribution >= 4 is 60.8 Å². The van der Waals surface area contributed by atoms with Gasteiger partial charge in [0.15, 0.2) is 0 Å². The Morgan fingerprint density at radius 3 is 2.33 bits per heavy atom. The Kier molecular flexibility index (Phi) is 8.80. The number of aromatic nitrogens is 1. The Labute approximate surface area is 246 Å². The number of aryl methyl sites for hydroxylation is 1. The van der Waals surface area contributed by atoms with Crippen molar-refractivity contribution in [3.8, 4) is 6.07 Å². The van der Waals surface area contributed by atoms with Gasteiger partial charge in [-0.1, -0.05) is 35.3 Å². The highest BCUT2D eigenvalue weighted by atomic mass is 35.5. The van der Waals surface area contributed by atoms with Crippen molar-refractivity contribution in [2.24, 2.45) is 0 Å². The molecule has 1 saturated heterocycles. The highest BCUT2D eigenvalue weighted by molar-refractivity contribution is 7.89. The van der Waals surface area contributed by atoms with E-state index in [1.54, 1.807) is 30.5 Å². The van der Waals surface area contributed by atoms with Gasteiger partial charge in [-0.2, -0.15) is 9.57 Å². The second-order valence-corrected chi connectivity index (χ2v) is 13.4. The van der Waals surface area contributed by atoms with E-state index >= 15 is 0 Å². The maximum Gasteiger partial charge on any atom is 0.243 e. The van der Waals surface area contributed by atoms with Crippen LogP contribution in [0.3, 0.4) is 0 Å². The molecule has 2 N–H and O–H groups in total. The van der Waals surface area contributed by atoms with Gasteiger partial charge in [-0.05, 0) is 73.5 Å². The molecule has 0 aliphatic carbocycles. The van der Waals surface area contributed by atoms with Gasteiger partial charge in [0.2, 0.25) is 10.0 Å². The van der Waals surface area contributed by atoms with E-state index in [1.165, 1.54) is 22.0 Å². The van der Waals surface area contributed by atoms with Crippen molar-refractivity contribution in [1.82, 2.24) is 14.2 Å². The predicted octanol–water partition coefficient (Wildman–Crippen LogP) is 5.42. The fraction of sp³-hybridized carbons (Fsp3) is 0.250. The van der Waals surface area contributed by atoms with Crippen LogP contribution in [0.25, 0.3) is 10.9 Å². The average Bonchev–Trinajstić information content (AvgIpc) is 3.37. The molecule has 1 aliphatic heterocycles. The number of fused-ring (bicyclic) bond motifs is 1. The summed E-state index contributed by atoms with van der Waals surface area (Å²) in [6, 6.07) is 19.2. The second kappa shape index (κ2) is 12.3. The van der Waals surface area contributed by atoms with Gasteiger partial charge in [0, 0.05) is 37.8 Å². The van der Waals surface area contributed by atoms with Crippen LogP contribution in [0.1, 0.15) is 17.5 Å². The molecule has 4 aromatic rings. The van der Waals surface area contributed by atoms with Gasteiger partial charge in [-0.15, -0.1) is 0 Å². The Balaban J connectivity index is 1.15. The molecule has 1 fully saturated rings. The summed E-state index contributed by atoms with van der Waals surface area (Å²) in [5.74, 6) is 0. The monoisotopic (exact) mass is 615 g/mol.